The molecule has 15 heavy (non-hydrogen) atoms. The van der Waals surface area contributed by atoms with Crippen molar-refractivity contribution in [3.63, 3.8) is 0 Å². The molecule has 1 rings (SSSR count). The highest BCUT2D eigenvalue weighted by molar-refractivity contribution is 7.89. The second-order valence-electron chi connectivity index (χ2n) is 3.62. The van der Waals surface area contributed by atoms with E-state index in [1.807, 2.05) is 0 Å². The van der Waals surface area contributed by atoms with E-state index in [4.69, 9.17) is 5.73 Å². The van der Waals surface area contributed by atoms with Crippen LogP contribution in [0, 0.1) is 0 Å². The summed E-state index contributed by atoms with van der Waals surface area (Å²) in [5, 5.41) is 0. The van der Waals surface area contributed by atoms with Crippen molar-refractivity contribution < 1.29 is 17.9 Å². The zero-order valence-corrected chi connectivity index (χ0v) is 9.42. The highest BCUT2D eigenvalue weighted by atomic mass is 32.2. The number of carbonyl (C=O) groups excluding carboxylic acids is 1. The summed E-state index contributed by atoms with van der Waals surface area (Å²) in [6.45, 7) is 0. The average molecular weight is 236 g/mol. The molecule has 7 heteroatoms. The molecule has 0 spiro atoms. The maximum absolute atomic E-state index is 11.4. The van der Waals surface area contributed by atoms with Crippen molar-refractivity contribution >= 4 is 16.0 Å². The van der Waals surface area contributed by atoms with Crippen molar-refractivity contribution in [3.8, 4) is 0 Å². The summed E-state index contributed by atoms with van der Waals surface area (Å²) in [5.74, 6) is -0.459. The van der Waals surface area contributed by atoms with Crippen LogP contribution in [0.5, 0.6) is 0 Å². The number of nitrogens with one attached hydrogen (secondary N) is 1. The predicted molar refractivity (Wildman–Crippen MR) is 54.6 cm³/mol. The SMILES string of the molecule is COC(=O)CCCS(=O)(=O)NC1CC1N. The van der Waals surface area contributed by atoms with Crippen molar-refractivity contribution in [2.24, 2.45) is 5.73 Å². The van der Waals surface area contributed by atoms with Crippen LogP contribution in [0.1, 0.15) is 19.3 Å². The Bertz CT molecular complexity index is 328. The normalized spacial score (nSPS) is 24.9. The quantitative estimate of drug-likeness (QED) is 0.574. The van der Waals surface area contributed by atoms with Gasteiger partial charge < -0.3 is 10.5 Å². The highest BCUT2D eigenvalue weighted by Gasteiger charge is 2.36. The number of rotatable bonds is 6. The number of esters is 1. The largest absolute Gasteiger partial charge is 0.469 e. The van der Waals surface area contributed by atoms with Crippen LogP contribution in [0.25, 0.3) is 0 Å². The van der Waals surface area contributed by atoms with E-state index in [-0.39, 0.29) is 30.7 Å². The van der Waals surface area contributed by atoms with E-state index < -0.39 is 16.0 Å². The predicted octanol–water partition coefficient (Wildman–Crippen LogP) is -1.04. The van der Waals surface area contributed by atoms with E-state index in [1.165, 1.54) is 7.11 Å². The van der Waals surface area contributed by atoms with Crippen LogP contribution in [-0.4, -0.2) is 39.3 Å². The molecule has 0 amide bonds. The Kier molecular flexibility index (Phi) is 4.06. The van der Waals surface area contributed by atoms with Crippen LogP contribution in [-0.2, 0) is 19.6 Å². The molecule has 0 aromatic rings. The van der Waals surface area contributed by atoms with E-state index in [0.717, 1.165) is 0 Å². The molecule has 1 fully saturated rings. The highest BCUT2D eigenvalue weighted by Crippen LogP contribution is 2.19. The Labute approximate surface area is 89.2 Å². The second kappa shape index (κ2) is 4.91. The van der Waals surface area contributed by atoms with Gasteiger partial charge in [0.15, 0.2) is 0 Å². The van der Waals surface area contributed by atoms with Gasteiger partial charge >= 0.3 is 5.97 Å². The minimum absolute atomic E-state index is 0.0552. The van der Waals surface area contributed by atoms with Crippen LogP contribution < -0.4 is 10.5 Å². The smallest absolute Gasteiger partial charge is 0.305 e. The number of nitrogens with two attached hydrogens (primary N) is 1. The van der Waals surface area contributed by atoms with Gasteiger partial charge in [0, 0.05) is 18.5 Å². The molecule has 1 saturated carbocycles. The summed E-state index contributed by atoms with van der Waals surface area (Å²) in [7, 11) is -2.02. The number of hydrogen-bond acceptors (Lipinski definition) is 5. The van der Waals surface area contributed by atoms with E-state index in [2.05, 4.69) is 9.46 Å². The molecule has 2 unspecified atom stereocenters. The Hall–Kier alpha value is -0.660. The zero-order valence-electron chi connectivity index (χ0n) is 8.60. The van der Waals surface area contributed by atoms with Gasteiger partial charge in [0.2, 0.25) is 10.0 Å². The van der Waals surface area contributed by atoms with Gasteiger partial charge in [-0.2, -0.15) is 0 Å². The Balaban J connectivity index is 2.21. The molecule has 88 valence electrons. The molecule has 2 atom stereocenters. The summed E-state index contributed by atoms with van der Waals surface area (Å²) in [5.41, 5.74) is 5.47. The fourth-order valence-corrected chi connectivity index (χ4v) is 2.52. The molecule has 1 aliphatic rings. The van der Waals surface area contributed by atoms with Gasteiger partial charge in [0.25, 0.3) is 0 Å². The lowest BCUT2D eigenvalue weighted by molar-refractivity contribution is -0.140. The monoisotopic (exact) mass is 236 g/mol. The van der Waals surface area contributed by atoms with E-state index >= 15 is 0 Å². The van der Waals surface area contributed by atoms with E-state index in [9.17, 15) is 13.2 Å². The standard InChI is InChI=1S/C8H16N2O4S/c1-14-8(11)3-2-4-15(12,13)10-7-5-6(7)9/h6-7,10H,2-5,9H2,1H3. The molecule has 0 heterocycles. The number of ether oxygens (including phenoxy) is 1. The fraction of sp³-hybridized carbons (Fsp3) is 0.875. The minimum atomic E-state index is -3.29. The second-order valence-corrected chi connectivity index (χ2v) is 5.50. The average Bonchev–Trinajstić information content (AvgIpc) is 2.79. The molecule has 1 aliphatic carbocycles. The first kappa shape index (κ1) is 12.4. The molecule has 3 N–H and O–H groups in total. The summed E-state index contributed by atoms with van der Waals surface area (Å²) in [6, 6.07) is -0.173. The van der Waals surface area contributed by atoms with Crippen molar-refractivity contribution in [3.05, 3.63) is 0 Å². The molecule has 0 aromatic carbocycles. The molecule has 0 aromatic heterocycles. The van der Waals surface area contributed by atoms with Crippen LogP contribution in [0.3, 0.4) is 0 Å². The molecule has 6 nitrogen and oxygen atoms in total. The lowest BCUT2D eigenvalue weighted by atomic mass is 10.3. The first-order valence-corrected chi connectivity index (χ1v) is 6.42. The van der Waals surface area contributed by atoms with E-state index in [1.54, 1.807) is 0 Å². The third-order valence-corrected chi connectivity index (χ3v) is 3.68. The maximum atomic E-state index is 11.4. The Morgan fingerprint density at radius 1 is 1.60 bits per heavy atom. The lowest BCUT2D eigenvalue weighted by Crippen LogP contribution is -2.31. The molecular formula is C8H16N2O4S. The van der Waals surface area contributed by atoms with Crippen LogP contribution in [0.4, 0.5) is 0 Å². The number of methoxy groups -OCH3 is 1. The van der Waals surface area contributed by atoms with Crippen LogP contribution in [0.2, 0.25) is 0 Å². The molecule has 0 bridgehead atoms. The minimum Gasteiger partial charge on any atom is -0.469 e. The maximum Gasteiger partial charge on any atom is 0.305 e. The summed E-state index contributed by atoms with van der Waals surface area (Å²) in [4.78, 5) is 10.7. The zero-order chi connectivity index (χ0) is 11.5. The third-order valence-electron chi connectivity index (χ3n) is 2.19. The van der Waals surface area contributed by atoms with Gasteiger partial charge in [-0.05, 0) is 12.8 Å². The van der Waals surface area contributed by atoms with Crippen molar-refractivity contribution in [2.45, 2.75) is 31.3 Å². The van der Waals surface area contributed by atoms with Gasteiger partial charge in [-0.25, -0.2) is 13.1 Å². The lowest BCUT2D eigenvalue weighted by Gasteiger charge is -2.04. The number of hydrogen-bond donors (Lipinski definition) is 2. The van der Waals surface area contributed by atoms with E-state index in [0.29, 0.717) is 6.42 Å². The van der Waals surface area contributed by atoms with Crippen molar-refractivity contribution in [2.75, 3.05) is 12.9 Å². The summed E-state index contributed by atoms with van der Waals surface area (Å²) < 4.78 is 29.6. The third kappa shape index (κ3) is 4.59. The van der Waals surface area contributed by atoms with Crippen molar-refractivity contribution in [1.29, 1.82) is 0 Å². The van der Waals surface area contributed by atoms with Gasteiger partial charge in [-0.3, -0.25) is 4.79 Å². The first-order chi connectivity index (χ1) is 6.94. The van der Waals surface area contributed by atoms with Crippen LogP contribution in [0.15, 0.2) is 0 Å². The number of sulfonamides is 1. The van der Waals surface area contributed by atoms with Gasteiger partial charge in [0.05, 0.1) is 12.9 Å². The van der Waals surface area contributed by atoms with Gasteiger partial charge in [-0.15, -0.1) is 0 Å². The van der Waals surface area contributed by atoms with Crippen molar-refractivity contribution in [1.82, 2.24) is 4.72 Å². The Morgan fingerprint density at radius 3 is 2.67 bits per heavy atom. The van der Waals surface area contributed by atoms with Gasteiger partial charge in [0.1, 0.15) is 0 Å². The van der Waals surface area contributed by atoms with Gasteiger partial charge in [-0.1, -0.05) is 0 Å². The Morgan fingerprint density at radius 2 is 2.20 bits per heavy atom. The molecule has 0 radical (unpaired) electrons. The van der Waals surface area contributed by atoms with Crippen LogP contribution >= 0.6 is 0 Å². The topological polar surface area (TPSA) is 98.5 Å². The summed E-state index contributed by atoms with van der Waals surface area (Å²) in [6.07, 6.45) is 1.08. The number of carbonyl (C=O) groups is 1. The fourth-order valence-electron chi connectivity index (χ4n) is 1.15. The molecule has 0 aliphatic heterocycles. The first-order valence-electron chi connectivity index (χ1n) is 4.77. The summed E-state index contributed by atoms with van der Waals surface area (Å²) >= 11 is 0. The molecule has 0 saturated heterocycles. The molecular weight excluding hydrogens is 220 g/mol.